The van der Waals surface area contributed by atoms with Crippen molar-refractivity contribution in [2.45, 2.75) is 6.54 Å². The van der Waals surface area contributed by atoms with Crippen LogP contribution < -0.4 is 5.32 Å². The third-order valence-corrected chi connectivity index (χ3v) is 3.28. The van der Waals surface area contributed by atoms with E-state index in [9.17, 15) is 0 Å². The van der Waals surface area contributed by atoms with Gasteiger partial charge in [-0.3, -0.25) is 4.68 Å². The first-order chi connectivity index (χ1) is 8.06. The number of benzene rings is 1. The number of anilines is 1. The molecule has 1 aromatic carbocycles. The van der Waals surface area contributed by atoms with Crippen LogP contribution in [0.4, 0.5) is 5.69 Å². The Morgan fingerprint density at radius 1 is 1.35 bits per heavy atom. The summed E-state index contributed by atoms with van der Waals surface area (Å²) in [7, 11) is 1.88. The van der Waals surface area contributed by atoms with Gasteiger partial charge in [0.25, 0.3) is 0 Å². The topological polar surface area (TPSA) is 29.9 Å². The summed E-state index contributed by atoms with van der Waals surface area (Å²) in [6.45, 7) is 0.585. The fourth-order valence-corrected chi connectivity index (χ4v) is 2.79. The van der Waals surface area contributed by atoms with Gasteiger partial charge in [0.15, 0.2) is 0 Å². The molecule has 0 aliphatic carbocycles. The minimum Gasteiger partial charge on any atom is -0.377 e. The molecule has 17 heavy (non-hydrogen) atoms. The first-order valence-electron chi connectivity index (χ1n) is 4.93. The fourth-order valence-electron chi connectivity index (χ4n) is 1.45. The molecule has 1 N–H and O–H groups in total. The van der Waals surface area contributed by atoms with E-state index in [0.717, 1.165) is 15.9 Å². The van der Waals surface area contributed by atoms with E-state index in [1.54, 1.807) is 16.8 Å². The molecule has 2 rings (SSSR count). The molecular weight excluding hydrogens is 325 g/mol. The minimum absolute atomic E-state index is 0.584. The second-order valence-corrected chi connectivity index (χ2v) is 5.31. The van der Waals surface area contributed by atoms with Gasteiger partial charge in [0.05, 0.1) is 28.0 Å². The van der Waals surface area contributed by atoms with Gasteiger partial charge in [-0.15, -0.1) is 0 Å². The Hall–Kier alpha value is -0.710. The van der Waals surface area contributed by atoms with Gasteiger partial charge in [-0.05, 0) is 18.2 Å². The first kappa shape index (κ1) is 12.7. The normalized spacial score (nSPS) is 10.6. The summed E-state index contributed by atoms with van der Waals surface area (Å²) >= 11 is 15.5. The van der Waals surface area contributed by atoms with Crippen LogP contribution in [0.1, 0.15) is 5.69 Å². The molecule has 1 aromatic heterocycles. The molecule has 0 radical (unpaired) electrons. The quantitative estimate of drug-likeness (QED) is 0.915. The maximum absolute atomic E-state index is 6.10. The Balaban J connectivity index is 2.14. The summed E-state index contributed by atoms with van der Waals surface area (Å²) in [6.07, 6.45) is 1.89. The number of halogens is 3. The maximum Gasteiger partial charge on any atom is 0.0815 e. The monoisotopic (exact) mass is 333 g/mol. The number of hydrogen-bond acceptors (Lipinski definition) is 2. The average Bonchev–Trinajstić information content (AvgIpc) is 2.62. The zero-order chi connectivity index (χ0) is 12.4. The van der Waals surface area contributed by atoms with Crippen molar-refractivity contribution >= 4 is 44.8 Å². The van der Waals surface area contributed by atoms with Gasteiger partial charge < -0.3 is 5.32 Å². The van der Waals surface area contributed by atoms with E-state index in [-0.39, 0.29) is 0 Å². The number of nitrogens with zero attached hydrogens (tertiary/aromatic N) is 2. The molecular formula is C11H10BrCl2N3. The molecule has 0 atom stereocenters. The molecule has 1 heterocycles. The van der Waals surface area contributed by atoms with Crippen LogP contribution in [0.5, 0.6) is 0 Å². The van der Waals surface area contributed by atoms with Crippen LogP contribution in [-0.4, -0.2) is 9.78 Å². The van der Waals surface area contributed by atoms with Gasteiger partial charge >= 0.3 is 0 Å². The average molecular weight is 335 g/mol. The van der Waals surface area contributed by atoms with Crippen LogP contribution >= 0.6 is 39.1 Å². The van der Waals surface area contributed by atoms with Gasteiger partial charge in [0.2, 0.25) is 0 Å². The van der Waals surface area contributed by atoms with Gasteiger partial charge in [-0.25, -0.2) is 0 Å². The van der Waals surface area contributed by atoms with Crippen LogP contribution in [0.2, 0.25) is 10.0 Å². The van der Waals surface area contributed by atoms with Crippen molar-refractivity contribution in [3.63, 3.8) is 0 Å². The van der Waals surface area contributed by atoms with Crippen molar-refractivity contribution in [1.82, 2.24) is 9.78 Å². The number of aromatic nitrogens is 2. The SMILES string of the molecule is Cn1ccc(CNc2c(Cl)cc(Br)cc2Cl)n1. The third kappa shape index (κ3) is 3.15. The Bertz CT molecular complexity index is 516. The lowest BCUT2D eigenvalue weighted by Crippen LogP contribution is -2.02. The molecule has 0 bridgehead atoms. The summed E-state index contributed by atoms with van der Waals surface area (Å²) in [5, 5.41) is 8.61. The van der Waals surface area contributed by atoms with Crippen molar-refractivity contribution < 1.29 is 0 Å². The summed E-state index contributed by atoms with van der Waals surface area (Å²) in [4.78, 5) is 0. The smallest absolute Gasteiger partial charge is 0.0815 e. The van der Waals surface area contributed by atoms with E-state index in [4.69, 9.17) is 23.2 Å². The van der Waals surface area contributed by atoms with Crippen molar-refractivity contribution in [2.24, 2.45) is 7.05 Å². The molecule has 2 aromatic rings. The van der Waals surface area contributed by atoms with E-state index in [0.29, 0.717) is 16.6 Å². The lowest BCUT2D eigenvalue weighted by atomic mass is 10.3. The molecule has 90 valence electrons. The standard InChI is InChI=1S/C11H10BrCl2N3/c1-17-3-2-8(16-17)6-15-11-9(13)4-7(12)5-10(11)14/h2-5,15H,6H2,1H3. The fraction of sp³-hybridized carbons (Fsp3) is 0.182. The van der Waals surface area contributed by atoms with Crippen LogP contribution in [0.3, 0.4) is 0 Å². The summed E-state index contributed by atoms with van der Waals surface area (Å²) in [5.74, 6) is 0. The van der Waals surface area contributed by atoms with E-state index in [1.807, 2.05) is 19.3 Å². The van der Waals surface area contributed by atoms with Crippen molar-refractivity contribution in [2.75, 3.05) is 5.32 Å². The first-order valence-corrected chi connectivity index (χ1v) is 6.48. The highest BCUT2D eigenvalue weighted by Gasteiger charge is 2.07. The highest BCUT2D eigenvalue weighted by molar-refractivity contribution is 9.10. The number of aryl methyl sites for hydroxylation is 1. The second-order valence-electron chi connectivity index (χ2n) is 3.58. The highest BCUT2D eigenvalue weighted by Crippen LogP contribution is 2.33. The minimum atomic E-state index is 0.584. The van der Waals surface area contributed by atoms with Crippen LogP contribution in [0.25, 0.3) is 0 Å². The Morgan fingerprint density at radius 3 is 2.53 bits per heavy atom. The highest BCUT2D eigenvalue weighted by atomic mass is 79.9. The largest absolute Gasteiger partial charge is 0.377 e. The molecule has 0 fully saturated rings. The van der Waals surface area contributed by atoms with Gasteiger partial charge in [0.1, 0.15) is 0 Å². The Kier molecular flexibility index (Phi) is 3.97. The van der Waals surface area contributed by atoms with Crippen molar-refractivity contribution in [3.05, 3.63) is 44.6 Å². The van der Waals surface area contributed by atoms with Gasteiger partial charge in [-0.2, -0.15) is 5.10 Å². The molecule has 0 spiro atoms. The summed E-state index contributed by atoms with van der Waals surface area (Å²) in [6, 6.07) is 5.54. The zero-order valence-corrected chi connectivity index (χ0v) is 12.1. The zero-order valence-electron chi connectivity index (χ0n) is 9.04. The molecule has 0 amide bonds. The lowest BCUT2D eigenvalue weighted by molar-refractivity contribution is 0.747. The lowest BCUT2D eigenvalue weighted by Gasteiger charge is -2.09. The molecule has 0 saturated heterocycles. The maximum atomic E-state index is 6.10. The second kappa shape index (κ2) is 5.29. The van der Waals surface area contributed by atoms with Gasteiger partial charge in [-0.1, -0.05) is 39.1 Å². The number of rotatable bonds is 3. The van der Waals surface area contributed by atoms with Crippen LogP contribution in [-0.2, 0) is 13.6 Å². The van der Waals surface area contributed by atoms with Gasteiger partial charge in [0, 0.05) is 17.7 Å². The molecule has 0 saturated carbocycles. The van der Waals surface area contributed by atoms with E-state index in [1.165, 1.54) is 0 Å². The van der Waals surface area contributed by atoms with Crippen LogP contribution in [0.15, 0.2) is 28.9 Å². The predicted octanol–water partition coefficient (Wildman–Crippen LogP) is 4.10. The molecule has 0 unspecified atom stereocenters. The number of nitrogens with one attached hydrogen (secondary N) is 1. The molecule has 3 nitrogen and oxygen atoms in total. The Labute approximate surface area is 118 Å². The molecule has 0 aliphatic rings. The molecule has 6 heteroatoms. The van der Waals surface area contributed by atoms with E-state index < -0.39 is 0 Å². The number of hydrogen-bond donors (Lipinski definition) is 1. The predicted molar refractivity (Wildman–Crippen MR) is 74.7 cm³/mol. The van der Waals surface area contributed by atoms with E-state index in [2.05, 4.69) is 26.3 Å². The van der Waals surface area contributed by atoms with Crippen molar-refractivity contribution in [1.29, 1.82) is 0 Å². The third-order valence-electron chi connectivity index (χ3n) is 2.22. The summed E-state index contributed by atoms with van der Waals surface area (Å²) in [5.41, 5.74) is 1.66. The van der Waals surface area contributed by atoms with Crippen molar-refractivity contribution in [3.8, 4) is 0 Å². The summed E-state index contributed by atoms with van der Waals surface area (Å²) < 4.78 is 2.61. The molecule has 0 aliphatic heterocycles. The van der Waals surface area contributed by atoms with E-state index >= 15 is 0 Å². The Morgan fingerprint density at radius 2 is 2.00 bits per heavy atom. The van der Waals surface area contributed by atoms with Crippen LogP contribution in [0, 0.1) is 0 Å².